The van der Waals surface area contributed by atoms with Gasteiger partial charge in [0, 0.05) is 50.1 Å². The fourth-order valence-corrected chi connectivity index (χ4v) is 5.77. The van der Waals surface area contributed by atoms with Crippen LogP contribution in [-0.4, -0.2) is 55.5 Å². The molecule has 1 fully saturated rings. The molecular formula is C22H32IN5OS2. The number of fused-ring (bicyclic) bond motifs is 1. The van der Waals surface area contributed by atoms with Crippen molar-refractivity contribution in [3.8, 4) is 0 Å². The summed E-state index contributed by atoms with van der Waals surface area (Å²) in [6, 6.07) is 6.88. The van der Waals surface area contributed by atoms with Crippen molar-refractivity contribution in [1.82, 2.24) is 15.5 Å². The minimum atomic E-state index is 0. The SMILES string of the molecule is CCNC(=NCCC(=O)N1CCc2sccc2C1)NC1CCN(c2cccs2)CC1.I. The molecule has 1 amide bonds. The van der Waals surface area contributed by atoms with Crippen molar-refractivity contribution in [2.24, 2.45) is 4.99 Å². The molecule has 2 aliphatic heterocycles. The van der Waals surface area contributed by atoms with Gasteiger partial charge in [0.15, 0.2) is 5.96 Å². The highest BCUT2D eigenvalue weighted by Gasteiger charge is 2.22. The summed E-state index contributed by atoms with van der Waals surface area (Å²) in [5.74, 6) is 1.04. The molecule has 4 heterocycles. The molecule has 4 rings (SSSR count). The Morgan fingerprint density at radius 1 is 1.19 bits per heavy atom. The predicted molar refractivity (Wildman–Crippen MR) is 142 cm³/mol. The van der Waals surface area contributed by atoms with Crippen LogP contribution in [0.25, 0.3) is 0 Å². The van der Waals surface area contributed by atoms with Gasteiger partial charge in [-0.05, 0) is 60.7 Å². The van der Waals surface area contributed by atoms with Gasteiger partial charge in [-0.1, -0.05) is 0 Å². The van der Waals surface area contributed by atoms with Crippen LogP contribution in [0.5, 0.6) is 0 Å². The van der Waals surface area contributed by atoms with Gasteiger partial charge in [0.05, 0.1) is 11.5 Å². The Hall–Kier alpha value is -1.33. The molecule has 0 radical (unpaired) electrons. The van der Waals surface area contributed by atoms with E-state index in [0.29, 0.717) is 19.0 Å². The summed E-state index contributed by atoms with van der Waals surface area (Å²) in [6.45, 7) is 7.13. The summed E-state index contributed by atoms with van der Waals surface area (Å²) in [5, 5.41) is 12.5. The number of hydrogen-bond donors (Lipinski definition) is 2. The molecule has 1 saturated heterocycles. The van der Waals surface area contributed by atoms with E-state index in [1.165, 1.54) is 15.4 Å². The third kappa shape index (κ3) is 6.58. The normalized spacial score (nSPS) is 17.1. The number of hydrogen-bond acceptors (Lipinski definition) is 5. The molecule has 2 aliphatic rings. The summed E-state index contributed by atoms with van der Waals surface area (Å²) in [5.41, 5.74) is 1.31. The Bertz CT molecular complexity index is 846. The van der Waals surface area contributed by atoms with Crippen molar-refractivity contribution in [1.29, 1.82) is 0 Å². The van der Waals surface area contributed by atoms with Crippen LogP contribution >= 0.6 is 46.7 Å². The molecule has 9 heteroatoms. The zero-order valence-corrected chi connectivity index (χ0v) is 22.0. The standard InChI is InChI=1S/C22H31N5OS2.HI/c1-2-23-22(25-18-6-11-26(12-7-18)21-4-3-14-30-21)24-10-5-20(28)27-13-8-19-17(16-27)9-15-29-19;/h3-4,9,14-15,18H,2,5-8,10-13,16H2,1H3,(H2,23,24,25);1H. The minimum absolute atomic E-state index is 0. The van der Waals surface area contributed by atoms with Gasteiger partial charge < -0.3 is 20.4 Å². The van der Waals surface area contributed by atoms with Crippen molar-refractivity contribution < 1.29 is 4.79 Å². The Morgan fingerprint density at radius 2 is 2.03 bits per heavy atom. The lowest BCUT2D eigenvalue weighted by atomic mass is 10.1. The lowest BCUT2D eigenvalue weighted by Crippen LogP contribution is -2.48. The first-order valence-corrected chi connectivity index (χ1v) is 12.6. The number of halogens is 1. The molecule has 31 heavy (non-hydrogen) atoms. The second-order valence-corrected chi connectivity index (χ2v) is 9.73. The molecule has 0 unspecified atom stereocenters. The number of aliphatic imine (C=N–C) groups is 1. The van der Waals surface area contributed by atoms with E-state index < -0.39 is 0 Å². The van der Waals surface area contributed by atoms with Crippen LogP contribution in [0.3, 0.4) is 0 Å². The van der Waals surface area contributed by atoms with Gasteiger partial charge in [0.25, 0.3) is 0 Å². The van der Waals surface area contributed by atoms with E-state index in [-0.39, 0.29) is 29.9 Å². The van der Waals surface area contributed by atoms with E-state index in [2.05, 4.69) is 56.4 Å². The van der Waals surface area contributed by atoms with Crippen molar-refractivity contribution >= 4 is 63.5 Å². The molecule has 6 nitrogen and oxygen atoms in total. The van der Waals surface area contributed by atoms with E-state index in [9.17, 15) is 4.79 Å². The fourth-order valence-electron chi connectivity index (χ4n) is 4.09. The van der Waals surface area contributed by atoms with Gasteiger partial charge in [-0.25, -0.2) is 0 Å². The van der Waals surface area contributed by atoms with Crippen molar-refractivity contribution in [3.63, 3.8) is 0 Å². The summed E-state index contributed by atoms with van der Waals surface area (Å²) in [7, 11) is 0. The monoisotopic (exact) mass is 573 g/mol. The van der Waals surface area contributed by atoms with Gasteiger partial charge in [0.1, 0.15) is 0 Å². The van der Waals surface area contributed by atoms with Crippen LogP contribution in [0.4, 0.5) is 5.00 Å². The van der Waals surface area contributed by atoms with Crippen LogP contribution in [0.1, 0.15) is 36.6 Å². The second-order valence-electron chi connectivity index (χ2n) is 7.80. The maximum absolute atomic E-state index is 12.6. The highest BCUT2D eigenvalue weighted by molar-refractivity contribution is 14.0. The third-order valence-corrected chi connectivity index (χ3v) is 7.71. The molecule has 170 valence electrons. The van der Waals surface area contributed by atoms with Gasteiger partial charge in [-0.2, -0.15) is 0 Å². The molecular weight excluding hydrogens is 541 g/mol. The zero-order chi connectivity index (χ0) is 20.8. The summed E-state index contributed by atoms with van der Waals surface area (Å²) >= 11 is 3.61. The number of nitrogens with one attached hydrogen (secondary N) is 2. The molecule has 0 aromatic carbocycles. The molecule has 2 aromatic rings. The Labute approximate surface area is 210 Å². The zero-order valence-electron chi connectivity index (χ0n) is 18.0. The fraction of sp³-hybridized carbons (Fsp3) is 0.545. The average Bonchev–Trinajstić information content (AvgIpc) is 3.46. The first-order valence-electron chi connectivity index (χ1n) is 10.9. The molecule has 0 bridgehead atoms. The van der Waals surface area contributed by atoms with Crippen molar-refractivity contribution in [3.05, 3.63) is 39.4 Å². The number of amides is 1. The molecule has 2 N–H and O–H groups in total. The quantitative estimate of drug-likeness (QED) is 0.313. The molecule has 0 atom stereocenters. The second kappa shape index (κ2) is 12.1. The molecule has 2 aromatic heterocycles. The maximum atomic E-state index is 12.6. The Morgan fingerprint density at radius 3 is 2.77 bits per heavy atom. The number of guanidine groups is 1. The maximum Gasteiger partial charge on any atom is 0.224 e. The molecule has 0 aliphatic carbocycles. The summed E-state index contributed by atoms with van der Waals surface area (Å²) in [4.78, 5) is 23.2. The highest BCUT2D eigenvalue weighted by Crippen LogP contribution is 2.25. The number of nitrogens with zero attached hydrogens (tertiary/aromatic N) is 3. The van der Waals surface area contributed by atoms with E-state index in [1.807, 2.05) is 16.2 Å². The average molecular weight is 574 g/mol. The number of anilines is 1. The van der Waals surface area contributed by atoms with Crippen LogP contribution in [-0.2, 0) is 17.8 Å². The van der Waals surface area contributed by atoms with Gasteiger partial charge in [0.2, 0.25) is 5.91 Å². The first kappa shape index (κ1) is 24.3. The van der Waals surface area contributed by atoms with Crippen LogP contribution in [0.15, 0.2) is 34.0 Å². The number of carbonyl (C=O) groups is 1. The topological polar surface area (TPSA) is 60.0 Å². The van der Waals surface area contributed by atoms with Crippen molar-refractivity contribution in [2.75, 3.05) is 37.6 Å². The van der Waals surface area contributed by atoms with Gasteiger partial charge >= 0.3 is 0 Å². The number of rotatable bonds is 6. The summed E-state index contributed by atoms with van der Waals surface area (Å²) < 4.78 is 0. The van der Waals surface area contributed by atoms with Crippen LogP contribution in [0.2, 0.25) is 0 Å². The summed E-state index contributed by atoms with van der Waals surface area (Å²) in [6.07, 6.45) is 3.64. The smallest absolute Gasteiger partial charge is 0.224 e. The van der Waals surface area contributed by atoms with Crippen LogP contribution < -0.4 is 15.5 Å². The predicted octanol–water partition coefficient (Wildman–Crippen LogP) is 3.93. The molecule has 0 spiro atoms. The van der Waals surface area contributed by atoms with Crippen LogP contribution in [0, 0.1) is 0 Å². The number of carbonyl (C=O) groups excluding carboxylic acids is 1. The Balaban J connectivity index is 0.00000272. The lowest BCUT2D eigenvalue weighted by molar-refractivity contribution is -0.131. The van der Waals surface area contributed by atoms with E-state index in [0.717, 1.165) is 57.9 Å². The third-order valence-electron chi connectivity index (χ3n) is 5.75. The van der Waals surface area contributed by atoms with E-state index in [1.54, 1.807) is 11.3 Å². The minimum Gasteiger partial charge on any atom is -0.363 e. The van der Waals surface area contributed by atoms with E-state index >= 15 is 0 Å². The lowest BCUT2D eigenvalue weighted by Gasteiger charge is -2.33. The van der Waals surface area contributed by atoms with Gasteiger partial charge in [-0.15, -0.1) is 46.7 Å². The largest absolute Gasteiger partial charge is 0.363 e. The van der Waals surface area contributed by atoms with E-state index in [4.69, 9.17) is 0 Å². The Kier molecular flexibility index (Phi) is 9.46. The highest BCUT2D eigenvalue weighted by atomic mass is 127. The van der Waals surface area contributed by atoms with Crippen molar-refractivity contribution in [2.45, 2.75) is 45.2 Å². The number of piperidine rings is 1. The number of thiophene rings is 2. The molecule has 0 saturated carbocycles. The van der Waals surface area contributed by atoms with Gasteiger partial charge in [-0.3, -0.25) is 9.79 Å². The first-order chi connectivity index (χ1) is 14.7.